The van der Waals surface area contributed by atoms with Crippen LogP contribution in [0.15, 0.2) is 72.9 Å². The van der Waals surface area contributed by atoms with Crippen molar-refractivity contribution in [3.05, 3.63) is 89.6 Å². The zero-order valence-electron chi connectivity index (χ0n) is 25.2. The number of fused-ring (bicyclic) bond motifs is 1. The van der Waals surface area contributed by atoms with Gasteiger partial charge in [-0.05, 0) is 80.3 Å². The van der Waals surface area contributed by atoms with Crippen molar-refractivity contribution in [2.45, 2.75) is 52.6 Å². The molecule has 4 rings (SSSR count). The number of nitrogens with one attached hydrogen (secondary N) is 3. The fourth-order valence-corrected chi connectivity index (χ4v) is 4.87. The molecule has 0 saturated heterocycles. The molecule has 0 spiro atoms. The van der Waals surface area contributed by atoms with Crippen LogP contribution in [-0.4, -0.2) is 42.7 Å². The first-order valence-electron chi connectivity index (χ1n) is 13.6. The lowest BCUT2D eigenvalue weighted by molar-refractivity contribution is 0.0544. The molecule has 4 aromatic rings. The predicted octanol–water partition coefficient (Wildman–Crippen LogP) is 6.60. The fourth-order valence-electron chi connectivity index (χ4n) is 4.31. The van der Waals surface area contributed by atoms with E-state index in [1.54, 1.807) is 63.4 Å². The van der Waals surface area contributed by atoms with Crippen molar-refractivity contribution in [1.29, 1.82) is 0 Å². The van der Waals surface area contributed by atoms with Crippen LogP contribution >= 0.6 is 0 Å². The zero-order chi connectivity index (χ0) is 31.7. The number of amides is 2. The highest BCUT2D eigenvalue weighted by molar-refractivity contribution is 7.92. The number of ether oxygens (including phenoxy) is 1. The van der Waals surface area contributed by atoms with E-state index in [4.69, 9.17) is 4.74 Å². The summed E-state index contributed by atoms with van der Waals surface area (Å²) in [5.74, 6) is -1.03. The first-order chi connectivity index (χ1) is 19.9. The van der Waals surface area contributed by atoms with Gasteiger partial charge in [0.15, 0.2) is 0 Å². The molecule has 3 aromatic carbocycles. The van der Waals surface area contributed by atoms with Gasteiger partial charge in [-0.25, -0.2) is 13.2 Å². The van der Waals surface area contributed by atoms with E-state index in [-0.39, 0.29) is 22.4 Å². The van der Waals surface area contributed by atoms with Crippen molar-refractivity contribution in [3.8, 4) is 0 Å². The average Bonchev–Trinajstić information content (AvgIpc) is 3.30. The summed E-state index contributed by atoms with van der Waals surface area (Å²) in [6.45, 7) is 11.5. The Morgan fingerprint density at radius 1 is 0.767 bits per heavy atom. The summed E-state index contributed by atoms with van der Waals surface area (Å²) in [6, 6.07) is 18.2. The summed E-state index contributed by atoms with van der Waals surface area (Å²) in [7, 11) is -3.62. The van der Waals surface area contributed by atoms with E-state index in [0.29, 0.717) is 16.8 Å². The number of nitrogens with zero attached hydrogens (tertiary/aromatic N) is 1. The molecule has 11 heteroatoms. The summed E-state index contributed by atoms with van der Waals surface area (Å²) in [5.41, 5.74) is 1.95. The molecule has 0 unspecified atom stereocenters. The van der Waals surface area contributed by atoms with Gasteiger partial charge >= 0.3 is 6.09 Å². The number of hydrogen-bond acceptors (Lipinski definition) is 6. The molecule has 3 N–H and O–H groups in total. The van der Waals surface area contributed by atoms with E-state index >= 15 is 0 Å². The Hall–Kier alpha value is -4.64. The number of sulfonamides is 1. The normalized spacial score (nSPS) is 12.1. The third kappa shape index (κ3) is 8.01. The maximum Gasteiger partial charge on any atom is 0.418 e. The standard InChI is InChI=1S/C32H36N4O6S/c1-31(2,3)22-11-8-21(9-12-22)28(37)34-26-18-24(35-43(7,40)41)14-15-25(26)29(38)33-23-13-10-20-16-17-36(27(20)19-23)30(39)42-32(4,5)6/h8-19,35H,1-7H3,(H,33,38)(H,34,37). The van der Waals surface area contributed by atoms with Crippen LogP contribution in [0, 0.1) is 0 Å². The summed E-state index contributed by atoms with van der Waals surface area (Å²) < 4.78 is 32.9. The van der Waals surface area contributed by atoms with Crippen molar-refractivity contribution < 1.29 is 27.5 Å². The maximum absolute atomic E-state index is 13.5. The van der Waals surface area contributed by atoms with Crippen molar-refractivity contribution >= 4 is 55.9 Å². The number of benzene rings is 3. The number of carbonyl (C=O) groups excluding carboxylic acids is 3. The van der Waals surface area contributed by atoms with E-state index in [1.165, 1.54) is 22.8 Å². The molecule has 0 atom stereocenters. The predicted molar refractivity (Wildman–Crippen MR) is 170 cm³/mol. The van der Waals surface area contributed by atoms with Crippen molar-refractivity contribution in [2.24, 2.45) is 0 Å². The zero-order valence-corrected chi connectivity index (χ0v) is 26.0. The minimum absolute atomic E-state index is 0.0938. The first kappa shape index (κ1) is 31.3. The monoisotopic (exact) mass is 604 g/mol. The lowest BCUT2D eigenvalue weighted by Crippen LogP contribution is -2.26. The lowest BCUT2D eigenvalue weighted by atomic mass is 9.86. The second-order valence-corrected chi connectivity index (χ2v) is 14.1. The summed E-state index contributed by atoms with van der Waals surface area (Å²) in [6.07, 6.45) is 2.05. The molecular weight excluding hydrogens is 568 g/mol. The highest BCUT2D eigenvalue weighted by Crippen LogP contribution is 2.27. The van der Waals surface area contributed by atoms with Crippen LogP contribution in [0.1, 0.15) is 67.8 Å². The van der Waals surface area contributed by atoms with Gasteiger partial charge in [-0.15, -0.1) is 0 Å². The van der Waals surface area contributed by atoms with Crippen LogP contribution in [-0.2, 0) is 20.2 Å². The summed E-state index contributed by atoms with van der Waals surface area (Å²) in [4.78, 5) is 39.4. The second-order valence-electron chi connectivity index (χ2n) is 12.3. The first-order valence-corrected chi connectivity index (χ1v) is 15.5. The number of hydrogen-bond donors (Lipinski definition) is 3. The summed E-state index contributed by atoms with van der Waals surface area (Å²) in [5, 5.41) is 6.32. The van der Waals surface area contributed by atoms with Crippen LogP contribution in [0.5, 0.6) is 0 Å². The molecule has 1 heterocycles. The van der Waals surface area contributed by atoms with Crippen molar-refractivity contribution in [3.63, 3.8) is 0 Å². The Morgan fingerprint density at radius 3 is 2.02 bits per heavy atom. The summed E-state index contributed by atoms with van der Waals surface area (Å²) >= 11 is 0. The van der Waals surface area contributed by atoms with Gasteiger partial charge in [0.25, 0.3) is 11.8 Å². The van der Waals surface area contributed by atoms with Crippen LogP contribution in [0.2, 0.25) is 0 Å². The van der Waals surface area contributed by atoms with E-state index in [1.807, 2.05) is 12.1 Å². The molecule has 43 heavy (non-hydrogen) atoms. The molecule has 0 aliphatic carbocycles. The van der Waals surface area contributed by atoms with Gasteiger partial charge < -0.3 is 15.4 Å². The van der Waals surface area contributed by atoms with E-state index in [9.17, 15) is 22.8 Å². The molecule has 2 amide bonds. The molecule has 1 aromatic heterocycles. The van der Waals surface area contributed by atoms with Gasteiger partial charge in [-0.1, -0.05) is 39.0 Å². The highest BCUT2D eigenvalue weighted by Gasteiger charge is 2.21. The maximum atomic E-state index is 13.5. The number of aromatic nitrogens is 1. The van der Waals surface area contributed by atoms with Gasteiger partial charge in [-0.3, -0.25) is 18.9 Å². The Kier molecular flexibility index (Phi) is 8.42. The van der Waals surface area contributed by atoms with Crippen molar-refractivity contribution in [2.75, 3.05) is 21.6 Å². The Bertz CT molecular complexity index is 1810. The molecule has 0 aliphatic heterocycles. The molecule has 0 aliphatic rings. The number of anilines is 3. The van der Waals surface area contributed by atoms with Gasteiger partial charge in [-0.2, -0.15) is 0 Å². The minimum atomic E-state index is -3.62. The second kappa shape index (κ2) is 11.6. The fraction of sp³-hybridized carbons (Fsp3) is 0.281. The minimum Gasteiger partial charge on any atom is -0.443 e. The third-order valence-electron chi connectivity index (χ3n) is 6.37. The highest BCUT2D eigenvalue weighted by atomic mass is 32.2. The van der Waals surface area contributed by atoms with Gasteiger partial charge in [0, 0.05) is 22.8 Å². The number of carbonyl (C=O) groups is 3. The van der Waals surface area contributed by atoms with Crippen LogP contribution in [0.25, 0.3) is 10.9 Å². The van der Waals surface area contributed by atoms with E-state index < -0.39 is 33.5 Å². The molecule has 0 fully saturated rings. The Labute approximate surface area is 251 Å². The van der Waals surface area contributed by atoms with Crippen LogP contribution < -0.4 is 15.4 Å². The van der Waals surface area contributed by atoms with E-state index in [2.05, 4.69) is 36.1 Å². The number of rotatable bonds is 6. The third-order valence-corrected chi connectivity index (χ3v) is 6.98. The van der Waals surface area contributed by atoms with E-state index in [0.717, 1.165) is 17.2 Å². The largest absolute Gasteiger partial charge is 0.443 e. The van der Waals surface area contributed by atoms with Crippen molar-refractivity contribution in [1.82, 2.24) is 4.57 Å². The molecule has 10 nitrogen and oxygen atoms in total. The topological polar surface area (TPSA) is 136 Å². The van der Waals surface area contributed by atoms with Gasteiger partial charge in [0.2, 0.25) is 10.0 Å². The smallest absolute Gasteiger partial charge is 0.418 e. The Balaban J connectivity index is 1.64. The molecule has 0 bridgehead atoms. The van der Waals surface area contributed by atoms with Crippen LogP contribution in [0.3, 0.4) is 0 Å². The van der Waals surface area contributed by atoms with Gasteiger partial charge in [0.05, 0.1) is 28.7 Å². The molecule has 0 radical (unpaired) electrons. The molecule has 0 saturated carbocycles. The SMILES string of the molecule is CC(C)(C)OC(=O)n1ccc2ccc(NC(=O)c3ccc(NS(C)(=O)=O)cc3NC(=O)c3ccc(C(C)(C)C)cc3)cc21. The molecule has 226 valence electrons. The Morgan fingerprint density at radius 2 is 1.42 bits per heavy atom. The van der Waals surface area contributed by atoms with Gasteiger partial charge in [0.1, 0.15) is 5.60 Å². The van der Waals surface area contributed by atoms with Crippen LogP contribution in [0.4, 0.5) is 21.9 Å². The average molecular weight is 605 g/mol. The quantitative estimate of drug-likeness (QED) is 0.227. The molecular formula is C32H36N4O6S. The lowest BCUT2D eigenvalue weighted by Gasteiger charge is -2.20.